The molecule has 0 fully saturated rings. The molecule has 0 heterocycles. The van der Waals surface area contributed by atoms with Gasteiger partial charge in [-0.25, -0.2) is 0 Å². The van der Waals surface area contributed by atoms with Crippen molar-refractivity contribution in [3.05, 3.63) is 0 Å². The Morgan fingerprint density at radius 2 is 0.680 bits per heavy atom. The molecule has 0 amide bonds. The number of unbranched alkanes of at least 4 members (excludes halogenated alkanes) is 14. The zero-order valence-electron chi connectivity index (χ0n) is 17.6. The third kappa shape index (κ3) is 24.2. The van der Waals surface area contributed by atoms with Crippen LogP contribution in [0.1, 0.15) is 124 Å². The van der Waals surface area contributed by atoms with Crippen LogP contribution < -0.4 is 12.4 Å². The summed E-state index contributed by atoms with van der Waals surface area (Å²) in [7, 11) is 4.87. The van der Waals surface area contributed by atoms with Gasteiger partial charge in [-0.15, -0.1) is 0 Å². The topological polar surface area (TPSA) is 0 Å². The number of halogens is 1. The molecule has 0 rings (SSSR count). The molecule has 0 aromatic carbocycles. The second-order valence-electron chi connectivity index (χ2n) is 8.33. The Bertz CT molecular complexity index is 206. The number of hydrogen-bond acceptors (Lipinski definition) is 0. The van der Waals surface area contributed by atoms with E-state index in [2.05, 4.69) is 27.9 Å². The van der Waals surface area contributed by atoms with Gasteiger partial charge in [-0.1, -0.05) is 98.3 Å². The van der Waals surface area contributed by atoms with Gasteiger partial charge >= 0.3 is 0 Å². The van der Waals surface area contributed by atoms with E-state index in [0.717, 1.165) is 0 Å². The van der Waals surface area contributed by atoms with E-state index in [1.807, 2.05) is 0 Å². The highest BCUT2D eigenvalue weighted by Gasteiger charge is 2.13. The molecule has 1 nitrogen and oxygen atoms in total. The van der Waals surface area contributed by atoms with Gasteiger partial charge in [0, 0.05) is 0 Å². The van der Waals surface area contributed by atoms with Gasteiger partial charge in [-0.05, 0) is 25.7 Å². The first kappa shape index (κ1) is 30.0. The summed E-state index contributed by atoms with van der Waals surface area (Å²) in [4.78, 5) is 0. The average molecular weight is 378 g/mol. The van der Waals surface area contributed by atoms with Crippen LogP contribution in [-0.4, -0.2) is 31.7 Å². The molecular formula is C23H52ClN. The molecule has 0 aromatic rings. The molecule has 0 atom stereocenters. The van der Waals surface area contributed by atoms with E-state index >= 15 is 0 Å². The van der Waals surface area contributed by atoms with Crippen LogP contribution in [0.2, 0.25) is 0 Å². The maximum Gasteiger partial charge on any atom is 0.0782 e. The van der Waals surface area contributed by atoms with Gasteiger partial charge in [0.05, 0.1) is 27.2 Å². The van der Waals surface area contributed by atoms with Crippen molar-refractivity contribution in [3.8, 4) is 0 Å². The van der Waals surface area contributed by atoms with Crippen LogP contribution >= 0.6 is 0 Å². The third-order valence-corrected chi connectivity index (χ3v) is 5.23. The van der Waals surface area contributed by atoms with Crippen molar-refractivity contribution in [2.45, 2.75) is 124 Å². The maximum absolute atomic E-state index is 2.43. The highest BCUT2D eigenvalue weighted by molar-refractivity contribution is 4.48. The number of quaternary nitrogens is 1. The molecule has 25 heavy (non-hydrogen) atoms. The molecule has 0 bridgehead atoms. The highest BCUT2D eigenvalue weighted by Crippen LogP contribution is 2.13. The molecule has 0 aromatic heterocycles. The van der Waals surface area contributed by atoms with Gasteiger partial charge < -0.3 is 16.9 Å². The van der Waals surface area contributed by atoms with E-state index in [1.165, 1.54) is 120 Å². The number of nitrogens with zero attached hydrogens (tertiary/aromatic N) is 1. The second kappa shape index (κ2) is 22.3. The van der Waals surface area contributed by atoms with E-state index in [9.17, 15) is 0 Å². The van der Waals surface area contributed by atoms with Gasteiger partial charge in [0.25, 0.3) is 0 Å². The Morgan fingerprint density at radius 1 is 0.440 bits per heavy atom. The third-order valence-electron chi connectivity index (χ3n) is 5.23. The lowest BCUT2D eigenvalue weighted by Gasteiger charge is -2.30. The molecule has 0 saturated carbocycles. The first-order chi connectivity index (χ1) is 11.1. The Hall–Kier alpha value is 0.250. The van der Waals surface area contributed by atoms with E-state index in [0.29, 0.717) is 0 Å². The first-order valence-corrected chi connectivity index (χ1v) is 10.9. The molecule has 0 saturated heterocycles. The molecule has 0 unspecified atom stereocenters. The fourth-order valence-corrected chi connectivity index (χ4v) is 3.46. The first-order valence-electron chi connectivity index (χ1n) is 10.9. The molecular weight excluding hydrogens is 326 g/mol. The van der Waals surface area contributed by atoms with Crippen LogP contribution in [0.3, 0.4) is 0 Å². The van der Waals surface area contributed by atoms with Crippen molar-refractivity contribution >= 4 is 0 Å². The van der Waals surface area contributed by atoms with Gasteiger partial charge in [-0.3, -0.25) is 0 Å². The van der Waals surface area contributed by atoms with Crippen LogP contribution in [-0.2, 0) is 0 Å². The standard InChI is InChI=1S/C22H48N.CH4.ClH/c1-5-7-9-11-13-15-17-19-21-23(3,4)22-20-18-16-14-12-10-8-6-2;;/h5-22H2,1-4H3;1H4;1H/q+1;;/p-1. The van der Waals surface area contributed by atoms with Crippen LogP contribution in [0.4, 0.5) is 0 Å². The summed E-state index contributed by atoms with van der Waals surface area (Å²) >= 11 is 0. The monoisotopic (exact) mass is 377 g/mol. The number of hydrogen-bond donors (Lipinski definition) is 0. The minimum absolute atomic E-state index is 0. The summed E-state index contributed by atoms with van der Waals surface area (Å²) in [6.07, 6.45) is 23.0. The molecule has 0 radical (unpaired) electrons. The fourth-order valence-electron chi connectivity index (χ4n) is 3.46. The van der Waals surface area contributed by atoms with Gasteiger partial charge in [0.1, 0.15) is 0 Å². The molecule has 0 aliphatic rings. The lowest BCUT2D eigenvalue weighted by molar-refractivity contribution is -0.890. The van der Waals surface area contributed by atoms with Crippen molar-refractivity contribution in [1.82, 2.24) is 0 Å². The zero-order chi connectivity index (χ0) is 17.2. The van der Waals surface area contributed by atoms with Crippen LogP contribution in [0, 0.1) is 0 Å². The predicted molar refractivity (Wildman–Crippen MR) is 114 cm³/mol. The summed E-state index contributed by atoms with van der Waals surface area (Å²) in [6.45, 7) is 7.36. The summed E-state index contributed by atoms with van der Waals surface area (Å²) in [6, 6.07) is 0. The largest absolute Gasteiger partial charge is 1.00 e. The molecule has 0 spiro atoms. The smallest absolute Gasteiger partial charge is 0.0782 e. The van der Waals surface area contributed by atoms with Crippen LogP contribution in [0.15, 0.2) is 0 Å². The Morgan fingerprint density at radius 3 is 0.960 bits per heavy atom. The molecule has 2 heteroatoms. The average Bonchev–Trinajstić information content (AvgIpc) is 2.52. The maximum atomic E-state index is 2.43. The van der Waals surface area contributed by atoms with E-state index < -0.39 is 0 Å². The van der Waals surface area contributed by atoms with Crippen LogP contribution in [0.25, 0.3) is 0 Å². The summed E-state index contributed by atoms with van der Waals surface area (Å²) in [5, 5.41) is 0. The fraction of sp³-hybridized carbons (Fsp3) is 1.00. The Labute approximate surface area is 168 Å². The predicted octanol–water partition coefficient (Wildman–Crippen LogP) is 4.98. The molecule has 0 N–H and O–H groups in total. The van der Waals surface area contributed by atoms with Crippen molar-refractivity contribution < 1.29 is 16.9 Å². The van der Waals surface area contributed by atoms with E-state index in [-0.39, 0.29) is 19.8 Å². The number of rotatable bonds is 18. The Balaban J connectivity index is -0.00000242. The summed E-state index contributed by atoms with van der Waals surface area (Å²) in [5.74, 6) is 0. The summed E-state index contributed by atoms with van der Waals surface area (Å²) < 4.78 is 1.24. The second-order valence-corrected chi connectivity index (χ2v) is 8.33. The molecule has 0 aliphatic heterocycles. The summed E-state index contributed by atoms with van der Waals surface area (Å²) in [5.41, 5.74) is 0. The zero-order valence-corrected chi connectivity index (χ0v) is 18.3. The highest BCUT2D eigenvalue weighted by atomic mass is 35.5. The van der Waals surface area contributed by atoms with Gasteiger partial charge in [0.15, 0.2) is 0 Å². The van der Waals surface area contributed by atoms with Crippen molar-refractivity contribution in [3.63, 3.8) is 0 Å². The molecule has 0 aliphatic carbocycles. The lowest BCUT2D eigenvalue weighted by Crippen LogP contribution is -3.00. The van der Waals surface area contributed by atoms with Crippen molar-refractivity contribution in [2.75, 3.05) is 27.2 Å². The minimum Gasteiger partial charge on any atom is -1.00 e. The Kier molecular flexibility index (Phi) is 26.7. The lowest BCUT2D eigenvalue weighted by atomic mass is 10.1. The molecule has 156 valence electrons. The van der Waals surface area contributed by atoms with E-state index in [4.69, 9.17) is 0 Å². The van der Waals surface area contributed by atoms with E-state index in [1.54, 1.807) is 0 Å². The van der Waals surface area contributed by atoms with Gasteiger partial charge in [-0.2, -0.15) is 0 Å². The van der Waals surface area contributed by atoms with Gasteiger partial charge in [0.2, 0.25) is 0 Å². The SMILES string of the molecule is C.CCCCCCCCCC[N+](C)(C)CCCCCCCCCC.[Cl-]. The normalized spacial score (nSPS) is 11.0. The van der Waals surface area contributed by atoms with Crippen molar-refractivity contribution in [2.24, 2.45) is 0 Å². The van der Waals surface area contributed by atoms with Crippen LogP contribution in [0.5, 0.6) is 0 Å². The minimum atomic E-state index is 0. The van der Waals surface area contributed by atoms with Crippen molar-refractivity contribution in [1.29, 1.82) is 0 Å². The quantitative estimate of drug-likeness (QED) is 0.233.